The number of hydrogen-bond donors (Lipinski definition) is 1. The van der Waals surface area contributed by atoms with Crippen molar-refractivity contribution in [2.75, 3.05) is 43.0 Å². The van der Waals surface area contributed by atoms with Gasteiger partial charge in [-0.1, -0.05) is 42.5 Å². The average molecular weight is 462 g/mol. The van der Waals surface area contributed by atoms with Crippen LogP contribution in [0, 0.1) is 5.82 Å². The van der Waals surface area contributed by atoms with Crippen LogP contribution in [0.15, 0.2) is 72.8 Å². The number of halogens is 1. The van der Waals surface area contributed by atoms with E-state index in [1.165, 1.54) is 23.8 Å². The van der Waals surface area contributed by atoms with Crippen LogP contribution >= 0.6 is 0 Å². The standard InChI is InChI=1S/C27H28FN3O3/c1-2-34-27(33)21-12-13-25(24(18-21)29-26(32)22-10-6-7-11-23(22)28)31-16-14-30(15-17-31)19-20-8-4-3-5-9-20/h3-13,18H,2,14-17,19H2,1H3,(H,29,32). The van der Waals surface area contributed by atoms with Gasteiger partial charge in [-0.05, 0) is 42.8 Å². The minimum atomic E-state index is -0.599. The number of rotatable bonds is 7. The van der Waals surface area contributed by atoms with Gasteiger partial charge in [-0.3, -0.25) is 9.69 Å². The summed E-state index contributed by atoms with van der Waals surface area (Å²) in [6.07, 6.45) is 0. The first-order valence-corrected chi connectivity index (χ1v) is 11.4. The fourth-order valence-corrected chi connectivity index (χ4v) is 4.08. The van der Waals surface area contributed by atoms with Crippen LogP contribution in [-0.4, -0.2) is 49.6 Å². The van der Waals surface area contributed by atoms with Gasteiger partial charge in [0.2, 0.25) is 0 Å². The van der Waals surface area contributed by atoms with Crippen LogP contribution < -0.4 is 10.2 Å². The van der Waals surface area contributed by atoms with Crippen molar-refractivity contribution < 1.29 is 18.7 Å². The third-order valence-electron chi connectivity index (χ3n) is 5.84. The summed E-state index contributed by atoms with van der Waals surface area (Å²) in [6, 6.07) is 21.3. The van der Waals surface area contributed by atoms with Gasteiger partial charge in [0.25, 0.3) is 5.91 Å². The van der Waals surface area contributed by atoms with E-state index in [9.17, 15) is 14.0 Å². The number of piperazine rings is 1. The molecule has 3 aromatic rings. The van der Waals surface area contributed by atoms with Crippen molar-refractivity contribution in [2.24, 2.45) is 0 Å². The summed E-state index contributed by atoms with van der Waals surface area (Å²) in [4.78, 5) is 29.7. The van der Waals surface area contributed by atoms with Crippen molar-refractivity contribution in [3.8, 4) is 0 Å². The average Bonchev–Trinajstić information content (AvgIpc) is 2.85. The molecule has 0 bridgehead atoms. The number of anilines is 2. The van der Waals surface area contributed by atoms with E-state index in [2.05, 4.69) is 27.2 Å². The van der Waals surface area contributed by atoms with Gasteiger partial charge in [0.15, 0.2) is 0 Å². The molecule has 4 rings (SSSR count). The smallest absolute Gasteiger partial charge is 0.338 e. The summed E-state index contributed by atoms with van der Waals surface area (Å²) in [7, 11) is 0. The van der Waals surface area contributed by atoms with Crippen molar-refractivity contribution in [1.29, 1.82) is 0 Å². The Kier molecular flexibility index (Phi) is 7.54. The topological polar surface area (TPSA) is 61.9 Å². The molecule has 34 heavy (non-hydrogen) atoms. The minimum Gasteiger partial charge on any atom is -0.462 e. The third kappa shape index (κ3) is 5.61. The van der Waals surface area contributed by atoms with E-state index in [1.807, 2.05) is 24.3 Å². The lowest BCUT2D eigenvalue weighted by Gasteiger charge is -2.37. The maximum Gasteiger partial charge on any atom is 0.338 e. The largest absolute Gasteiger partial charge is 0.462 e. The molecule has 0 aliphatic carbocycles. The number of esters is 1. The van der Waals surface area contributed by atoms with Crippen LogP contribution in [0.5, 0.6) is 0 Å². The Morgan fingerprint density at radius 2 is 1.65 bits per heavy atom. The van der Waals surface area contributed by atoms with Crippen LogP contribution in [0.3, 0.4) is 0 Å². The molecule has 0 radical (unpaired) electrons. The summed E-state index contributed by atoms with van der Waals surface area (Å²) < 4.78 is 19.3. The zero-order valence-corrected chi connectivity index (χ0v) is 19.2. The van der Waals surface area contributed by atoms with Gasteiger partial charge in [-0.25, -0.2) is 9.18 Å². The van der Waals surface area contributed by atoms with Crippen LogP contribution in [-0.2, 0) is 11.3 Å². The molecule has 1 aliphatic rings. The molecular formula is C27H28FN3O3. The Morgan fingerprint density at radius 3 is 2.35 bits per heavy atom. The number of ether oxygens (including phenoxy) is 1. The molecule has 1 N–H and O–H groups in total. The third-order valence-corrected chi connectivity index (χ3v) is 5.84. The van der Waals surface area contributed by atoms with Crippen molar-refractivity contribution in [2.45, 2.75) is 13.5 Å². The van der Waals surface area contributed by atoms with Gasteiger partial charge >= 0.3 is 5.97 Å². The van der Waals surface area contributed by atoms with Crippen LogP contribution in [0.4, 0.5) is 15.8 Å². The van der Waals surface area contributed by atoms with E-state index in [4.69, 9.17) is 4.74 Å². The SMILES string of the molecule is CCOC(=O)c1ccc(N2CCN(Cc3ccccc3)CC2)c(NC(=O)c2ccccc2F)c1. The highest BCUT2D eigenvalue weighted by molar-refractivity contribution is 6.07. The Morgan fingerprint density at radius 1 is 0.941 bits per heavy atom. The van der Waals surface area contributed by atoms with Gasteiger partial charge in [0.05, 0.1) is 29.1 Å². The molecule has 1 aliphatic heterocycles. The fourth-order valence-electron chi connectivity index (χ4n) is 4.08. The quantitative estimate of drug-likeness (QED) is 0.522. The van der Waals surface area contributed by atoms with E-state index in [0.717, 1.165) is 38.4 Å². The van der Waals surface area contributed by atoms with E-state index < -0.39 is 17.7 Å². The molecule has 0 atom stereocenters. The van der Waals surface area contributed by atoms with Crippen molar-refractivity contribution in [3.63, 3.8) is 0 Å². The lowest BCUT2D eigenvalue weighted by molar-refractivity contribution is 0.0526. The highest BCUT2D eigenvalue weighted by Gasteiger charge is 2.22. The van der Waals surface area contributed by atoms with E-state index >= 15 is 0 Å². The summed E-state index contributed by atoms with van der Waals surface area (Å²) in [6.45, 7) is 6.10. The molecular weight excluding hydrogens is 433 g/mol. The summed E-state index contributed by atoms with van der Waals surface area (Å²) in [5, 5.41) is 2.81. The monoisotopic (exact) mass is 461 g/mol. The van der Waals surface area contributed by atoms with Crippen molar-refractivity contribution in [3.05, 3.63) is 95.3 Å². The maximum atomic E-state index is 14.2. The minimum absolute atomic E-state index is 0.0531. The van der Waals surface area contributed by atoms with Gasteiger partial charge in [-0.2, -0.15) is 0 Å². The Hall–Kier alpha value is -3.71. The fraction of sp³-hybridized carbons (Fsp3) is 0.259. The first kappa shape index (κ1) is 23.4. The van der Waals surface area contributed by atoms with Crippen LogP contribution in [0.1, 0.15) is 33.2 Å². The first-order chi connectivity index (χ1) is 16.5. The Bertz CT molecular complexity index is 1140. The van der Waals surface area contributed by atoms with Crippen LogP contribution in [0.25, 0.3) is 0 Å². The molecule has 0 aromatic heterocycles. The molecule has 0 spiro atoms. The zero-order valence-electron chi connectivity index (χ0n) is 19.2. The Balaban J connectivity index is 1.53. The predicted octanol–water partition coefficient (Wildman–Crippen LogP) is 4.58. The number of nitrogens with one attached hydrogen (secondary N) is 1. The second-order valence-electron chi connectivity index (χ2n) is 8.14. The van der Waals surface area contributed by atoms with Gasteiger partial charge < -0.3 is 15.0 Å². The van der Waals surface area contributed by atoms with Gasteiger partial charge in [0.1, 0.15) is 5.82 Å². The maximum absolute atomic E-state index is 14.2. The van der Waals surface area contributed by atoms with Gasteiger partial charge in [0, 0.05) is 32.7 Å². The summed E-state index contributed by atoms with van der Waals surface area (Å²) in [5.74, 6) is -1.64. The van der Waals surface area contributed by atoms with Crippen molar-refractivity contribution >= 4 is 23.3 Å². The predicted molar refractivity (Wildman–Crippen MR) is 131 cm³/mol. The highest BCUT2D eigenvalue weighted by Crippen LogP contribution is 2.30. The first-order valence-electron chi connectivity index (χ1n) is 11.4. The molecule has 1 heterocycles. The molecule has 6 nitrogen and oxygen atoms in total. The second kappa shape index (κ2) is 10.9. The number of amides is 1. The molecule has 1 saturated heterocycles. The summed E-state index contributed by atoms with van der Waals surface area (Å²) >= 11 is 0. The molecule has 176 valence electrons. The zero-order chi connectivity index (χ0) is 23.9. The number of nitrogens with zero attached hydrogens (tertiary/aromatic N) is 2. The molecule has 7 heteroatoms. The number of carbonyl (C=O) groups excluding carboxylic acids is 2. The molecule has 3 aromatic carbocycles. The lowest BCUT2D eigenvalue weighted by atomic mass is 10.1. The van der Waals surface area contributed by atoms with E-state index in [-0.39, 0.29) is 12.2 Å². The number of carbonyl (C=O) groups is 2. The molecule has 0 unspecified atom stereocenters. The number of benzene rings is 3. The number of hydrogen-bond acceptors (Lipinski definition) is 5. The van der Waals surface area contributed by atoms with Crippen LogP contribution in [0.2, 0.25) is 0 Å². The second-order valence-corrected chi connectivity index (χ2v) is 8.14. The van der Waals surface area contributed by atoms with Crippen molar-refractivity contribution in [1.82, 2.24) is 4.90 Å². The normalized spacial score (nSPS) is 14.0. The molecule has 1 amide bonds. The lowest BCUT2D eigenvalue weighted by Crippen LogP contribution is -2.46. The molecule has 0 saturated carbocycles. The van der Waals surface area contributed by atoms with E-state index in [1.54, 1.807) is 25.1 Å². The van der Waals surface area contributed by atoms with E-state index in [0.29, 0.717) is 11.3 Å². The Labute approximate surface area is 198 Å². The highest BCUT2D eigenvalue weighted by atomic mass is 19.1. The molecule has 1 fully saturated rings. The summed E-state index contributed by atoms with van der Waals surface area (Å²) in [5.41, 5.74) is 2.79. The van der Waals surface area contributed by atoms with Gasteiger partial charge in [-0.15, -0.1) is 0 Å².